The van der Waals surface area contributed by atoms with Gasteiger partial charge in [0.2, 0.25) is 0 Å². The summed E-state index contributed by atoms with van der Waals surface area (Å²) in [6, 6.07) is 9.11. The quantitative estimate of drug-likeness (QED) is 0.869. The minimum atomic E-state index is -0.577. The van der Waals surface area contributed by atoms with E-state index < -0.39 is 6.10 Å². The first kappa shape index (κ1) is 14.8. The molecule has 1 aliphatic rings. The molecule has 0 amide bonds. The molecule has 1 aliphatic heterocycles. The summed E-state index contributed by atoms with van der Waals surface area (Å²) >= 11 is 0. The third-order valence-corrected chi connectivity index (χ3v) is 3.23. The molecule has 1 saturated heterocycles. The van der Waals surface area contributed by atoms with Gasteiger partial charge >= 0.3 is 0 Å². The SMILES string of the molecule is CC1CN(CC(O)COc2ccccc2C#N)CCO1. The average Bonchev–Trinajstić information content (AvgIpc) is 2.45. The molecule has 0 bridgehead atoms. The lowest BCUT2D eigenvalue weighted by Gasteiger charge is -2.32. The van der Waals surface area contributed by atoms with E-state index in [4.69, 9.17) is 14.7 Å². The van der Waals surface area contributed by atoms with Crippen LogP contribution in [0.5, 0.6) is 5.75 Å². The molecule has 0 radical (unpaired) electrons. The van der Waals surface area contributed by atoms with Crippen molar-refractivity contribution >= 4 is 0 Å². The standard InChI is InChI=1S/C15H20N2O3/c1-12-9-17(6-7-19-12)10-14(18)11-20-15-5-3-2-4-13(15)8-16/h2-5,12,14,18H,6-7,9-11H2,1H3. The van der Waals surface area contributed by atoms with Gasteiger partial charge in [0.15, 0.2) is 0 Å². The summed E-state index contributed by atoms with van der Waals surface area (Å²) in [5.74, 6) is 0.518. The molecule has 5 heteroatoms. The lowest BCUT2D eigenvalue weighted by molar-refractivity contribution is -0.0361. The topological polar surface area (TPSA) is 65.7 Å². The van der Waals surface area contributed by atoms with Gasteiger partial charge in [-0.3, -0.25) is 4.90 Å². The molecule has 2 atom stereocenters. The van der Waals surface area contributed by atoms with Crippen LogP contribution in [0.1, 0.15) is 12.5 Å². The van der Waals surface area contributed by atoms with E-state index in [2.05, 4.69) is 11.0 Å². The van der Waals surface area contributed by atoms with Gasteiger partial charge in [0.05, 0.1) is 18.3 Å². The van der Waals surface area contributed by atoms with Crippen molar-refractivity contribution in [1.29, 1.82) is 5.26 Å². The monoisotopic (exact) mass is 276 g/mol. The van der Waals surface area contributed by atoms with Crippen LogP contribution in [0.3, 0.4) is 0 Å². The largest absolute Gasteiger partial charge is 0.489 e. The predicted octanol–water partition coefficient (Wildman–Crippen LogP) is 1.02. The number of rotatable bonds is 5. The van der Waals surface area contributed by atoms with Gasteiger partial charge in [-0.25, -0.2) is 0 Å². The van der Waals surface area contributed by atoms with Crippen LogP contribution in [0.2, 0.25) is 0 Å². The van der Waals surface area contributed by atoms with Gasteiger partial charge < -0.3 is 14.6 Å². The van der Waals surface area contributed by atoms with Gasteiger partial charge in [-0.05, 0) is 19.1 Å². The summed E-state index contributed by atoms with van der Waals surface area (Å²) in [6.45, 7) is 5.12. The van der Waals surface area contributed by atoms with Crippen LogP contribution >= 0.6 is 0 Å². The Bertz CT molecular complexity index is 472. The molecule has 0 saturated carbocycles. The van der Waals surface area contributed by atoms with Gasteiger partial charge in [0.1, 0.15) is 24.5 Å². The van der Waals surface area contributed by atoms with Crippen molar-refractivity contribution in [2.24, 2.45) is 0 Å². The molecular formula is C15H20N2O3. The van der Waals surface area contributed by atoms with Gasteiger partial charge in [0.25, 0.3) is 0 Å². The minimum absolute atomic E-state index is 0.185. The van der Waals surface area contributed by atoms with E-state index in [-0.39, 0.29) is 12.7 Å². The fourth-order valence-corrected chi connectivity index (χ4v) is 2.28. The van der Waals surface area contributed by atoms with Crippen molar-refractivity contribution in [3.8, 4) is 11.8 Å². The number of β-amino-alcohol motifs (C(OH)–C–C–N with tert-alkyl or cyclic N) is 1. The zero-order chi connectivity index (χ0) is 14.4. The average molecular weight is 276 g/mol. The van der Waals surface area contributed by atoms with Gasteiger partial charge in [-0.15, -0.1) is 0 Å². The fraction of sp³-hybridized carbons (Fsp3) is 0.533. The van der Waals surface area contributed by atoms with Gasteiger partial charge in [-0.2, -0.15) is 5.26 Å². The lowest BCUT2D eigenvalue weighted by atomic mass is 10.2. The fourth-order valence-electron chi connectivity index (χ4n) is 2.28. The molecule has 1 N–H and O–H groups in total. The highest BCUT2D eigenvalue weighted by molar-refractivity contribution is 5.42. The van der Waals surface area contributed by atoms with Crippen LogP contribution < -0.4 is 4.74 Å². The van der Waals surface area contributed by atoms with Crippen molar-refractivity contribution in [3.63, 3.8) is 0 Å². The third-order valence-electron chi connectivity index (χ3n) is 3.23. The predicted molar refractivity (Wildman–Crippen MR) is 74.5 cm³/mol. The summed E-state index contributed by atoms with van der Waals surface area (Å²) in [6.07, 6.45) is -0.372. The second-order valence-electron chi connectivity index (χ2n) is 5.01. The minimum Gasteiger partial charge on any atom is -0.489 e. The molecule has 20 heavy (non-hydrogen) atoms. The first-order chi connectivity index (χ1) is 9.69. The molecule has 108 valence electrons. The Morgan fingerprint density at radius 3 is 3.10 bits per heavy atom. The van der Waals surface area contributed by atoms with E-state index in [1.54, 1.807) is 18.2 Å². The van der Waals surface area contributed by atoms with Crippen LogP contribution in [0, 0.1) is 11.3 Å². The third kappa shape index (κ3) is 4.20. The van der Waals surface area contributed by atoms with E-state index in [0.29, 0.717) is 24.5 Å². The zero-order valence-electron chi connectivity index (χ0n) is 11.7. The van der Waals surface area contributed by atoms with E-state index in [1.807, 2.05) is 13.0 Å². The maximum Gasteiger partial charge on any atom is 0.137 e. The molecular weight excluding hydrogens is 256 g/mol. The number of hydrogen-bond acceptors (Lipinski definition) is 5. The smallest absolute Gasteiger partial charge is 0.137 e. The maximum atomic E-state index is 10.0. The van der Waals surface area contributed by atoms with Crippen LogP contribution in [0.4, 0.5) is 0 Å². The summed E-state index contributed by atoms with van der Waals surface area (Å²) in [4.78, 5) is 2.17. The van der Waals surface area contributed by atoms with E-state index in [0.717, 1.165) is 13.1 Å². The lowest BCUT2D eigenvalue weighted by Crippen LogP contribution is -2.45. The second kappa shape index (κ2) is 7.25. The molecule has 1 aromatic carbocycles. The number of nitrogens with zero attached hydrogens (tertiary/aromatic N) is 2. The summed E-state index contributed by atoms with van der Waals surface area (Å²) in [5, 5.41) is 19.0. The highest BCUT2D eigenvalue weighted by Gasteiger charge is 2.19. The first-order valence-electron chi connectivity index (χ1n) is 6.83. The first-order valence-corrected chi connectivity index (χ1v) is 6.83. The number of benzene rings is 1. The second-order valence-corrected chi connectivity index (χ2v) is 5.01. The summed E-state index contributed by atoms with van der Waals surface area (Å²) < 4.78 is 11.0. The normalized spacial score (nSPS) is 21.1. The molecule has 1 heterocycles. The van der Waals surface area contributed by atoms with Crippen molar-refractivity contribution in [3.05, 3.63) is 29.8 Å². The van der Waals surface area contributed by atoms with Crippen LogP contribution in [-0.2, 0) is 4.74 Å². The Kier molecular flexibility index (Phi) is 5.36. The molecule has 0 spiro atoms. The number of hydrogen-bond donors (Lipinski definition) is 1. The Balaban J connectivity index is 1.80. The highest BCUT2D eigenvalue weighted by atomic mass is 16.5. The number of morpholine rings is 1. The number of ether oxygens (including phenoxy) is 2. The molecule has 1 fully saturated rings. The highest BCUT2D eigenvalue weighted by Crippen LogP contribution is 2.16. The van der Waals surface area contributed by atoms with Crippen LogP contribution in [0.25, 0.3) is 0 Å². The van der Waals surface area contributed by atoms with E-state index in [1.165, 1.54) is 0 Å². The number of aliphatic hydroxyl groups excluding tert-OH is 1. The molecule has 0 aromatic heterocycles. The number of aliphatic hydroxyl groups is 1. The zero-order valence-corrected chi connectivity index (χ0v) is 11.7. The number of nitriles is 1. The van der Waals surface area contributed by atoms with E-state index in [9.17, 15) is 5.11 Å². The van der Waals surface area contributed by atoms with Crippen molar-refractivity contribution in [2.45, 2.75) is 19.1 Å². The van der Waals surface area contributed by atoms with Crippen LogP contribution in [-0.4, -0.2) is 55.1 Å². The molecule has 1 aromatic rings. The van der Waals surface area contributed by atoms with Crippen molar-refractivity contribution < 1.29 is 14.6 Å². The Labute approximate surface area is 119 Å². The van der Waals surface area contributed by atoms with Gasteiger partial charge in [-0.1, -0.05) is 12.1 Å². The molecule has 5 nitrogen and oxygen atoms in total. The Hall–Kier alpha value is -1.61. The van der Waals surface area contributed by atoms with Crippen molar-refractivity contribution in [2.75, 3.05) is 32.8 Å². The van der Waals surface area contributed by atoms with Crippen LogP contribution in [0.15, 0.2) is 24.3 Å². The Morgan fingerprint density at radius 2 is 2.35 bits per heavy atom. The summed E-state index contributed by atoms with van der Waals surface area (Å²) in [7, 11) is 0. The Morgan fingerprint density at radius 1 is 1.55 bits per heavy atom. The van der Waals surface area contributed by atoms with Gasteiger partial charge in [0, 0.05) is 19.6 Å². The van der Waals surface area contributed by atoms with Crippen molar-refractivity contribution in [1.82, 2.24) is 4.90 Å². The molecule has 2 rings (SSSR count). The van der Waals surface area contributed by atoms with E-state index >= 15 is 0 Å². The molecule has 2 unspecified atom stereocenters. The molecule has 0 aliphatic carbocycles. The number of para-hydroxylation sites is 1. The maximum absolute atomic E-state index is 10.0. The summed E-state index contributed by atoms with van der Waals surface area (Å²) in [5.41, 5.74) is 0.486.